The van der Waals surface area contributed by atoms with Crippen LogP contribution in [0.4, 0.5) is 4.79 Å². The van der Waals surface area contributed by atoms with Crippen molar-refractivity contribution >= 4 is 17.8 Å². The molecule has 1 fully saturated rings. The van der Waals surface area contributed by atoms with Crippen LogP contribution in [-0.4, -0.2) is 51.2 Å². The van der Waals surface area contributed by atoms with Gasteiger partial charge in [0.05, 0.1) is 6.20 Å². The smallest absolute Gasteiger partial charge is 0.325 e. The lowest BCUT2D eigenvalue weighted by Crippen LogP contribution is -2.43. The first-order valence-corrected chi connectivity index (χ1v) is 7.18. The molecule has 120 valence electrons. The number of aryl methyl sites for hydroxylation is 2. The van der Waals surface area contributed by atoms with E-state index in [1.807, 2.05) is 13.2 Å². The van der Waals surface area contributed by atoms with Crippen LogP contribution in [0.25, 0.3) is 0 Å². The third kappa shape index (κ3) is 3.63. The first kappa shape index (κ1) is 16.0. The Morgan fingerprint density at radius 1 is 1.41 bits per heavy atom. The summed E-state index contributed by atoms with van der Waals surface area (Å²) in [5.74, 6) is -0.726. The molecule has 0 bridgehead atoms. The molecule has 0 atom stereocenters. The zero-order valence-corrected chi connectivity index (χ0v) is 13.0. The van der Waals surface area contributed by atoms with E-state index in [-0.39, 0.29) is 18.4 Å². The molecular formula is C14H21N5O3. The van der Waals surface area contributed by atoms with Gasteiger partial charge in [-0.15, -0.1) is 0 Å². The van der Waals surface area contributed by atoms with Crippen LogP contribution in [-0.2, 0) is 23.1 Å². The normalized spacial score (nSPS) is 16.8. The van der Waals surface area contributed by atoms with Gasteiger partial charge in [0, 0.05) is 19.8 Å². The van der Waals surface area contributed by atoms with Gasteiger partial charge in [0.1, 0.15) is 12.1 Å². The van der Waals surface area contributed by atoms with Crippen molar-refractivity contribution in [3.8, 4) is 0 Å². The Bertz CT molecular complexity index is 593. The van der Waals surface area contributed by atoms with E-state index in [1.165, 1.54) is 0 Å². The van der Waals surface area contributed by atoms with Crippen molar-refractivity contribution in [3.05, 3.63) is 18.0 Å². The van der Waals surface area contributed by atoms with Crippen LogP contribution in [0.1, 0.15) is 25.8 Å². The number of carbonyl (C=O) groups excluding carboxylic acids is 3. The fourth-order valence-electron chi connectivity index (χ4n) is 2.28. The van der Waals surface area contributed by atoms with Gasteiger partial charge in [-0.05, 0) is 32.3 Å². The van der Waals surface area contributed by atoms with E-state index in [4.69, 9.17) is 0 Å². The Hall–Kier alpha value is -2.38. The summed E-state index contributed by atoms with van der Waals surface area (Å²) in [6.07, 6.45) is 5.29. The quantitative estimate of drug-likeness (QED) is 0.562. The summed E-state index contributed by atoms with van der Waals surface area (Å²) in [7, 11) is 1.85. The molecule has 1 aliphatic rings. The van der Waals surface area contributed by atoms with Gasteiger partial charge in [-0.25, -0.2) is 4.79 Å². The van der Waals surface area contributed by atoms with Gasteiger partial charge < -0.3 is 10.6 Å². The fraction of sp³-hybridized carbons (Fsp3) is 0.571. The molecule has 4 amide bonds. The summed E-state index contributed by atoms with van der Waals surface area (Å²) >= 11 is 0. The van der Waals surface area contributed by atoms with E-state index in [0.717, 1.165) is 23.3 Å². The van der Waals surface area contributed by atoms with E-state index >= 15 is 0 Å². The van der Waals surface area contributed by atoms with E-state index in [9.17, 15) is 14.4 Å². The van der Waals surface area contributed by atoms with Crippen LogP contribution in [0.15, 0.2) is 12.4 Å². The number of nitrogens with zero attached hydrogens (tertiary/aromatic N) is 3. The Labute approximate surface area is 128 Å². The molecule has 1 aromatic heterocycles. The van der Waals surface area contributed by atoms with Crippen molar-refractivity contribution in [3.63, 3.8) is 0 Å². The molecule has 1 saturated heterocycles. The second-order valence-electron chi connectivity index (χ2n) is 5.92. The number of carbonyl (C=O) groups is 3. The maximum atomic E-state index is 11.9. The summed E-state index contributed by atoms with van der Waals surface area (Å²) in [4.78, 5) is 36.4. The minimum absolute atomic E-state index is 0.249. The molecule has 1 aromatic rings. The van der Waals surface area contributed by atoms with Crippen LogP contribution >= 0.6 is 0 Å². The van der Waals surface area contributed by atoms with Crippen LogP contribution in [0.2, 0.25) is 0 Å². The molecule has 1 aliphatic heterocycles. The van der Waals surface area contributed by atoms with Crippen molar-refractivity contribution in [2.24, 2.45) is 7.05 Å². The number of imide groups is 1. The SMILES string of the molecule is Cn1cc(CCCNC(=O)CN2C(=O)NC(C)(C)C2=O)cn1. The highest BCUT2D eigenvalue weighted by Gasteiger charge is 2.44. The third-order valence-corrected chi connectivity index (χ3v) is 3.47. The third-order valence-electron chi connectivity index (χ3n) is 3.47. The number of hydrogen-bond donors (Lipinski definition) is 2. The van der Waals surface area contributed by atoms with Crippen molar-refractivity contribution in [1.29, 1.82) is 0 Å². The molecule has 0 unspecified atom stereocenters. The van der Waals surface area contributed by atoms with E-state index < -0.39 is 11.6 Å². The van der Waals surface area contributed by atoms with Crippen molar-refractivity contribution in [1.82, 2.24) is 25.3 Å². The lowest BCUT2D eigenvalue weighted by molar-refractivity contribution is -0.134. The Morgan fingerprint density at radius 2 is 2.14 bits per heavy atom. The van der Waals surface area contributed by atoms with Gasteiger partial charge >= 0.3 is 6.03 Å². The maximum Gasteiger partial charge on any atom is 0.325 e. The number of urea groups is 1. The molecule has 2 heterocycles. The second kappa shape index (κ2) is 6.17. The fourth-order valence-corrected chi connectivity index (χ4v) is 2.28. The van der Waals surface area contributed by atoms with E-state index in [0.29, 0.717) is 6.54 Å². The average molecular weight is 307 g/mol. The molecule has 22 heavy (non-hydrogen) atoms. The van der Waals surface area contributed by atoms with Gasteiger partial charge in [0.15, 0.2) is 0 Å². The first-order valence-electron chi connectivity index (χ1n) is 7.18. The van der Waals surface area contributed by atoms with Crippen molar-refractivity contribution in [2.75, 3.05) is 13.1 Å². The molecular weight excluding hydrogens is 286 g/mol. The lowest BCUT2D eigenvalue weighted by atomic mass is 10.1. The minimum atomic E-state index is -0.947. The zero-order valence-electron chi connectivity index (χ0n) is 13.0. The predicted octanol–water partition coefficient (Wildman–Crippen LogP) is -0.201. The molecule has 8 heteroatoms. The number of aromatic nitrogens is 2. The standard InChI is InChI=1S/C14H21N5O3/c1-14(2)12(21)19(13(22)17-14)9-11(20)15-6-4-5-10-7-16-18(3)8-10/h7-8H,4-6,9H2,1-3H3,(H,15,20)(H,17,22). The average Bonchev–Trinajstić information content (AvgIpc) is 2.92. The summed E-state index contributed by atoms with van der Waals surface area (Å²) in [5, 5.41) is 9.32. The second-order valence-corrected chi connectivity index (χ2v) is 5.92. The van der Waals surface area contributed by atoms with Crippen LogP contribution in [0.3, 0.4) is 0 Å². The number of amides is 4. The molecule has 8 nitrogen and oxygen atoms in total. The van der Waals surface area contributed by atoms with Gasteiger partial charge in [-0.3, -0.25) is 19.2 Å². The van der Waals surface area contributed by atoms with Gasteiger partial charge in [-0.2, -0.15) is 5.10 Å². The molecule has 0 aliphatic carbocycles. The zero-order chi connectivity index (χ0) is 16.3. The topological polar surface area (TPSA) is 96.3 Å². The molecule has 2 rings (SSSR count). The summed E-state index contributed by atoms with van der Waals surface area (Å²) < 4.78 is 1.73. The molecule has 2 N–H and O–H groups in total. The highest BCUT2D eigenvalue weighted by molar-refractivity contribution is 6.08. The number of nitrogens with one attached hydrogen (secondary N) is 2. The molecule has 0 radical (unpaired) electrons. The highest BCUT2D eigenvalue weighted by atomic mass is 16.2. The predicted molar refractivity (Wildman–Crippen MR) is 78.9 cm³/mol. The summed E-state index contributed by atoms with van der Waals surface area (Å²) in [6.45, 7) is 3.46. The summed E-state index contributed by atoms with van der Waals surface area (Å²) in [6, 6.07) is -0.527. The minimum Gasteiger partial charge on any atom is -0.355 e. The van der Waals surface area contributed by atoms with Crippen molar-refractivity contribution < 1.29 is 14.4 Å². The Balaban J connectivity index is 1.72. The van der Waals surface area contributed by atoms with Crippen LogP contribution in [0.5, 0.6) is 0 Å². The van der Waals surface area contributed by atoms with E-state index in [2.05, 4.69) is 15.7 Å². The van der Waals surface area contributed by atoms with Crippen LogP contribution < -0.4 is 10.6 Å². The number of rotatable bonds is 6. The molecule has 0 saturated carbocycles. The van der Waals surface area contributed by atoms with Gasteiger partial charge in [0.25, 0.3) is 5.91 Å². The maximum absolute atomic E-state index is 11.9. The summed E-state index contributed by atoms with van der Waals surface area (Å²) in [5.41, 5.74) is 0.158. The molecule has 0 aromatic carbocycles. The Morgan fingerprint density at radius 3 is 2.68 bits per heavy atom. The van der Waals surface area contributed by atoms with Gasteiger partial charge in [0.2, 0.25) is 5.91 Å². The van der Waals surface area contributed by atoms with Crippen molar-refractivity contribution in [2.45, 2.75) is 32.2 Å². The van der Waals surface area contributed by atoms with Gasteiger partial charge in [-0.1, -0.05) is 0 Å². The van der Waals surface area contributed by atoms with Crippen LogP contribution in [0, 0.1) is 0 Å². The lowest BCUT2D eigenvalue weighted by Gasteiger charge is -2.15. The molecule has 0 spiro atoms. The number of hydrogen-bond acceptors (Lipinski definition) is 4. The largest absolute Gasteiger partial charge is 0.355 e. The monoisotopic (exact) mass is 307 g/mol. The first-order chi connectivity index (χ1) is 10.3. The van der Waals surface area contributed by atoms with E-state index in [1.54, 1.807) is 24.7 Å². The highest BCUT2D eigenvalue weighted by Crippen LogP contribution is 2.15. The Kier molecular flexibility index (Phi) is 4.48.